The molecule has 78 valence electrons. The van der Waals surface area contributed by atoms with Crippen LogP contribution in [0.15, 0.2) is 18.2 Å². The molecule has 0 fully saturated rings. The Balaban J connectivity index is 0. The van der Waals surface area contributed by atoms with Gasteiger partial charge in [0.25, 0.3) is 0 Å². The fraction of sp³-hybridized carbons (Fsp3) is 0.250. The van der Waals surface area contributed by atoms with E-state index in [0.29, 0.717) is 10.4 Å². The first-order chi connectivity index (χ1) is 6.13. The van der Waals surface area contributed by atoms with Crippen molar-refractivity contribution < 1.29 is 40.4 Å². The molecule has 0 aliphatic carbocycles. The number of methoxy groups -OCH3 is 1. The molecule has 0 aromatic carbocycles. The van der Waals surface area contributed by atoms with Crippen molar-refractivity contribution >= 4 is 6.47 Å². The molecule has 1 aromatic heterocycles. The maximum Gasteiger partial charge on any atom is 0.377 e. The molecule has 1 rings (SSSR count). The van der Waals surface area contributed by atoms with Crippen molar-refractivity contribution in [1.29, 1.82) is 0 Å². The molecule has 1 N–H and O–H groups in total. The van der Waals surface area contributed by atoms with Crippen molar-refractivity contribution in [2.75, 3.05) is 7.11 Å². The van der Waals surface area contributed by atoms with Crippen molar-refractivity contribution in [1.82, 2.24) is 0 Å². The van der Waals surface area contributed by atoms with E-state index >= 15 is 0 Å². The van der Waals surface area contributed by atoms with Crippen LogP contribution >= 0.6 is 0 Å². The first kappa shape index (κ1) is 15.4. The third-order valence-corrected chi connectivity index (χ3v) is 1.19. The number of aromatic nitrogens is 1. The number of aryl methyl sites for hydroxylation is 1. The zero-order valence-electron chi connectivity index (χ0n) is 7.76. The van der Waals surface area contributed by atoms with Gasteiger partial charge in [-0.05, 0) is 6.07 Å². The van der Waals surface area contributed by atoms with Gasteiger partial charge in [0.2, 0.25) is 0 Å². The van der Waals surface area contributed by atoms with Gasteiger partial charge in [0, 0.05) is 41.2 Å². The molecular formula is C8H10NO4W-. The number of nitrogens with zero attached hydrogens (tertiary/aromatic N) is 1. The number of ether oxygens (including phenoxy) is 1. The standard InChI is InChI=1S/C6H7NO2.C2H3O2.W/c1-5-3-2-4-6(8)7(5)9;1-4-2-3;/h2-4,8H,1H3;1H3;/q;-1;. The second kappa shape index (κ2) is 8.50. The van der Waals surface area contributed by atoms with Gasteiger partial charge in [-0.15, -0.1) is 4.73 Å². The summed E-state index contributed by atoms with van der Waals surface area (Å²) < 4.78 is 4.21. The number of aromatic hydroxyl groups is 1. The van der Waals surface area contributed by atoms with Gasteiger partial charge in [-0.2, -0.15) is 0 Å². The average molecular weight is 368 g/mol. The van der Waals surface area contributed by atoms with Crippen LogP contribution in [-0.2, 0) is 30.6 Å². The summed E-state index contributed by atoms with van der Waals surface area (Å²) in [7, 11) is 1.26. The van der Waals surface area contributed by atoms with Crippen molar-refractivity contribution in [3.63, 3.8) is 0 Å². The van der Waals surface area contributed by atoms with E-state index in [9.17, 15) is 5.21 Å². The Morgan fingerprint density at radius 3 is 2.36 bits per heavy atom. The second-order valence-corrected chi connectivity index (χ2v) is 2.11. The fourth-order valence-electron chi connectivity index (χ4n) is 0.590. The van der Waals surface area contributed by atoms with E-state index in [0.717, 1.165) is 0 Å². The second-order valence-electron chi connectivity index (χ2n) is 2.11. The summed E-state index contributed by atoms with van der Waals surface area (Å²) in [5.41, 5.74) is 0.495. The summed E-state index contributed by atoms with van der Waals surface area (Å²) in [4.78, 5) is 8.83. The van der Waals surface area contributed by atoms with Crippen molar-refractivity contribution in [3.05, 3.63) is 29.1 Å². The maximum absolute atomic E-state index is 10.6. The van der Waals surface area contributed by atoms with Gasteiger partial charge in [0.05, 0.1) is 6.07 Å². The van der Waals surface area contributed by atoms with E-state index in [-0.39, 0.29) is 26.9 Å². The number of hydrogen-bond donors (Lipinski definition) is 1. The summed E-state index contributed by atoms with van der Waals surface area (Å²) in [5.74, 6) is -0.255. The van der Waals surface area contributed by atoms with Gasteiger partial charge in [0.15, 0.2) is 5.69 Å². The number of carbonyl (C=O) groups excluding carboxylic acids is 1. The molecule has 0 atom stereocenters. The normalized spacial score (nSPS) is 7.57. The molecule has 0 radical (unpaired) electrons. The van der Waals surface area contributed by atoms with E-state index in [2.05, 4.69) is 4.74 Å². The Labute approximate surface area is 96.2 Å². The third-order valence-electron chi connectivity index (χ3n) is 1.19. The average Bonchev–Trinajstić information content (AvgIpc) is 2.14. The SMILES string of the molecule is CO[C-]=O.Cc1cccc(O)[n+]1[O-].[W]. The summed E-state index contributed by atoms with van der Waals surface area (Å²) in [6, 6.07) is 4.60. The molecule has 0 spiro atoms. The topological polar surface area (TPSA) is 73.5 Å². The van der Waals surface area contributed by atoms with E-state index in [1.807, 2.05) is 0 Å². The van der Waals surface area contributed by atoms with Crippen LogP contribution in [0.5, 0.6) is 5.88 Å². The predicted octanol–water partition coefficient (Wildman–Crippen LogP) is 0.0315. The minimum absolute atomic E-state index is 0. The Morgan fingerprint density at radius 2 is 2.07 bits per heavy atom. The molecule has 0 aliphatic heterocycles. The molecule has 5 nitrogen and oxygen atoms in total. The molecule has 0 unspecified atom stereocenters. The first-order valence-electron chi connectivity index (χ1n) is 3.41. The molecule has 0 bridgehead atoms. The molecule has 0 saturated heterocycles. The predicted molar refractivity (Wildman–Crippen MR) is 44.5 cm³/mol. The molecule has 0 aliphatic rings. The molecule has 1 aromatic rings. The van der Waals surface area contributed by atoms with Crippen molar-refractivity contribution in [3.8, 4) is 5.88 Å². The van der Waals surface area contributed by atoms with Gasteiger partial charge in [-0.25, -0.2) is 0 Å². The fourth-order valence-corrected chi connectivity index (χ4v) is 0.590. The van der Waals surface area contributed by atoms with E-state index < -0.39 is 0 Å². The summed E-state index contributed by atoms with van der Waals surface area (Å²) in [6.45, 7) is 2.81. The van der Waals surface area contributed by atoms with Gasteiger partial charge in [-0.3, -0.25) is 0 Å². The van der Waals surface area contributed by atoms with Gasteiger partial charge < -0.3 is 19.8 Å². The van der Waals surface area contributed by atoms with Crippen LogP contribution in [0, 0.1) is 12.1 Å². The van der Waals surface area contributed by atoms with Crippen LogP contribution in [0.1, 0.15) is 5.69 Å². The molecule has 1 heterocycles. The van der Waals surface area contributed by atoms with Crippen LogP contribution < -0.4 is 4.73 Å². The third kappa shape index (κ3) is 5.54. The summed E-state index contributed by atoms with van der Waals surface area (Å²) in [5, 5.41) is 19.4. The van der Waals surface area contributed by atoms with E-state index in [1.54, 1.807) is 19.1 Å². The van der Waals surface area contributed by atoms with Gasteiger partial charge in [0.1, 0.15) is 0 Å². The monoisotopic (exact) mass is 368 g/mol. The number of hydrogen-bond acceptors (Lipinski definition) is 4. The van der Waals surface area contributed by atoms with Crippen molar-refractivity contribution in [2.24, 2.45) is 0 Å². The molecule has 6 heteroatoms. The zero-order chi connectivity index (χ0) is 10.3. The Bertz CT molecular complexity index is 260. The summed E-state index contributed by atoms with van der Waals surface area (Å²) in [6.07, 6.45) is 0. The Hall–Kier alpha value is -1.09. The van der Waals surface area contributed by atoms with Crippen molar-refractivity contribution in [2.45, 2.75) is 6.92 Å². The zero-order valence-corrected chi connectivity index (χ0v) is 10.7. The first-order valence-corrected chi connectivity index (χ1v) is 3.41. The van der Waals surface area contributed by atoms with Crippen LogP contribution in [0.25, 0.3) is 0 Å². The molecule has 0 amide bonds. The smallest absolute Gasteiger partial charge is 0.377 e. The quantitative estimate of drug-likeness (QED) is 0.432. The van der Waals surface area contributed by atoms with Crippen LogP contribution in [-0.4, -0.2) is 18.7 Å². The van der Waals surface area contributed by atoms with Crippen LogP contribution in [0.4, 0.5) is 0 Å². The maximum atomic E-state index is 10.6. The minimum Gasteiger partial charge on any atom is -0.655 e. The summed E-state index contributed by atoms with van der Waals surface area (Å²) >= 11 is 0. The number of rotatable bonds is 1. The van der Waals surface area contributed by atoms with E-state index in [4.69, 9.17) is 9.90 Å². The van der Waals surface area contributed by atoms with E-state index in [1.165, 1.54) is 19.6 Å². The Morgan fingerprint density at radius 1 is 1.57 bits per heavy atom. The minimum atomic E-state index is -0.255. The molecular weight excluding hydrogens is 358 g/mol. The Kier molecular flexibility index (Phi) is 9.34. The largest absolute Gasteiger partial charge is 0.655 e. The van der Waals surface area contributed by atoms with Crippen LogP contribution in [0.3, 0.4) is 0 Å². The van der Waals surface area contributed by atoms with Gasteiger partial charge >= 0.3 is 5.88 Å². The molecule has 14 heavy (non-hydrogen) atoms. The van der Waals surface area contributed by atoms with Crippen LogP contribution in [0.2, 0.25) is 0 Å². The number of pyridine rings is 1. The molecule has 0 saturated carbocycles. The van der Waals surface area contributed by atoms with Gasteiger partial charge in [-0.1, -0.05) is 6.47 Å².